The highest BCUT2D eigenvalue weighted by molar-refractivity contribution is 5.57. The lowest BCUT2D eigenvalue weighted by molar-refractivity contribution is 0.435. The van der Waals surface area contributed by atoms with Crippen molar-refractivity contribution in [2.45, 2.75) is 0 Å². The summed E-state index contributed by atoms with van der Waals surface area (Å²) in [6, 6.07) is 17.6. The Morgan fingerprint density at radius 2 is 1.76 bits per heavy atom. The molecule has 0 fully saturated rings. The van der Waals surface area contributed by atoms with Crippen LogP contribution in [-0.2, 0) is 0 Å². The molecule has 21 heavy (non-hydrogen) atoms. The van der Waals surface area contributed by atoms with E-state index < -0.39 is 0 Å². The second-order valence-corrected chi connectivity index (χ2v) is 4.43. The lowest BCUT2D eigenvalue weighted by Crippen LogP contribution is -1.87. The minimum absolute atomic E-state index is 0.348. The van der Waals surface area contributed by atoms with Gasteiger partial charge >= 0.3 is 6.01 Å². The van der Waals surface area contributed by atoms with Gasteiger partial charge in [-0.05, 0) is 23.8 Å². The second-order valence-electron chi connectivity index (χ2n) is 4.43. The maximum absolute atomic E-state index is 5.63. The molecule has 0 saturated heterocycles. The highest BCUT2D eigenvalue weighted by Gasteiger charge is 2.06. The third-order valence-electron chi connectivity index (χ3n) is 2.88. The summed E-state index contributed by atoms with van der Waals surface area (Å²) in [4.78, 5) is 4.27. The van der Waals surface area contributed by atoms with E-state index in [-0.39, 0.29) is 0 Å². The fourth-order valence-electron chi connectivity index (χ4n) is 1.80. The van der Waals surface area contributed by atoms with Gasteiger partial charge in [-0.2, -0.15) is 4.98 Å². The molecule has 0 spiro atoms. The number of nitrogens with zero attached hydrogens (tertiary/aromatic N) is 2. The molecule has 0 atom stereocenters. The standard InChI is InChI=1S/C16H14N4O/c17-14-8-6-12(7-9-14)10-11-18-16-19-15(20-21-16)13-4-2-1-3-5-13/h1-11H,17H2,(H,18,19,20). The van der Waals surface area contributed by atoms with Gasteiger partial charge in [-0.25, -0.2) is 0 Å². The highest BCUT2D eigenvalue weighted by atomic mass is 16.5. The van der Waals surface area contributed by atoms with Gasteiger partial charge in [0.05, 0.1) is 0 Å². The summed E-state index contributed by atoms with van der Waals surface area (Å²) >= 11 is 0. The fourth-order valence-corrected chi connectivity index (χ4v) is 1.80. The first-order valence-corrected chi connectivity index (χ1v) is 6.49. The van der Waals surface area contributed by atoms with E-state index in [9.17, 15) is 0 Å². The molecule has 5 nitrogen and oxygen atoms in total. The maximum Gasteiger partial charge on any atom is 0.325 e. The first kappa shape index (κ1) is 12.9. The van der Waals surface area contributed by atoms with E-state index in [1.54, 1.807) is 6.20 Å². The monoisotopic (exact) mass is 278 g/mol. The molecule has 0 aliphatic carbocycles. The van der Waals surface area contributed by atoms with Gasteiger partial charge in [-0.15, -0.1) is 0 Å². The van der Waals surface area contributed by atoms with Crippen LogP contribution in [0.1, 0.15) is 5.56 Å². The zero-order valence-corrected chi connectivity index (χ0v) is 11.2. The summed E-state index contributed by atoms with van der Waals surface area (Å²) in [5, 5.41) is 6.87. The summed E-state index contributed by atoms with van der Waals surface area (Å²) in [6.45, 7) is 0. The Balaban J connectivity index is 1.66. The van der Waals surface area contributed by atoms with Crippen LogP contribution in [0.25, 0.3) is 17.5 Å². The third-order valence-corrected chi connectivity index (χ3v) is 2.88. The van der Waals surface area contributed by atoms with Crippen LogP contribution in [-0.4, -0.2) is 10.1 Å². The lowest BCUT2D eigenvalue weighted by Gasteiger charge is -1.95. The Bertz CT molecular complexity index is 732. The Hall–Kier alpha value is -3.08. The topological polar surface area (TPSA) is 77.0 Å². The van der Waals surface area contributed by atoms with Crippen LogP contribution in [0.4, 0.5) is 11.7 Å². The fraction of sp³-hybridized carbons (Fsp3) is 0. The summed E-state index contributed by atoms with van der Waals surface area (Å²) in [6.07, 6.45) is 3.64. The molecule has 5 heteroatoms. The van der Waals surface area contributed by atoms with Crippen molar-refractivity contribution in [3.05, 3.63) is 66.4 Å². The molecule has 3 N–H and O–H groups in total. The molecule has 0 unspecified atom stereocenters. The number of benzene rings is 2. The number of anilines is 2. The molecular weight excluding hydrogens is 264 g/mol. The average molecular weight is 278 g/mol. The number of aromatic nitrogens is 2. The normalized spacial score (nSPS) is 10.9. The van der Waals surface area contributed by atoms with E-state index >= 15 is 0 Å². The quantitative estimate of drug-likeness (QED) is 0.715. The van der Waals surface area contributed by atoms with Crippen LogP contribution in [0.5, 0.6) is 0 Å². The number of nitrogens with two attached hydrogens (primary N) is 1. The van der Waals surface area contributed by atoms with Crippen LogP contribution >= 0.6 is 0 Å². The Morgan fingerprint density at radius 1 is 1.00 bits per heavy atom. The van der Waals surface area contributed by atoms with E-state index in [0.717, 1.165) is 16.8 Å². The van der Waals surface area contributed by atoms with Gasteiger partial charge in [0.2, 0.25) is 5.82 Å². The first-order valence-electron chi connectivity index (χ1n) is 6.49. The van der Waals surface area contributed by atoms with Gasteiger partial charge in [-0.1, -0.05) is 47.6 Å². The van der Waals surface area contributed by atoms with Crippen LogP contribution in [0.3, 0.4) is 0 Å². The minimum Gasteiger partial charge on any atom is -0.399 e. The van der Waals surface area contributed by atoms with Crippen LogP contribution < -0.4 is 11.1 Å². The number of hydrogen-bond donors (Lipinski definition) is 2. The van der Waals surface area contributed by atoms with Gasteiger partial charge in [0.1, 0.15) is 0 Å². The summed E-state index contributed by atoms with van der Waals surface area (Å²) < 4.78 is 5.13. The highest BCUT2D eigenvalue weighted by Crippen LogP contribution is 2.17. The third kappa shape index (κ3) is 3.27. The second kappa shape index (κ2) is 5.92. The van der Waals surface area contributed by atoms with Crippen molar-refractivity contribution in [1.29, 1.82) is 0 Å². The van der Waals surface area contributed by atoms with Crippen molar-refractivity contribution in [2.75, 3.05) is 11.1 Å². The molecule has 1 heterocycles. The molecule has 0 aliphatic rings. The first-order chi connectivity index (χ1) is 10.3. The van der Waals surface area contributed by atoms with Gasteiger partial charge in [0, 0.05) is 17.5 Å². The molecule has 0 bridgehead atoms. The van der Waals surface area contributed by atoms with E-state index in [1.165, 1.54) is 0 Å². The molecule has 0 saturated carbocycles. The Labute approximate surface area is 122 Å². The van der Waals surface area contributed by atoms with Crippen molar-refractivity contribution >= 4 is 17.8 Å². The molecule has 3 rings (SSSR count). The van der Waals surface area contributed by atoms with Crippen molar-refractivity contribution in [3.63, 3.8) is 0 Å². The van der Waals surface area contributed by atoms with E-state index in [0.29, 0.717) is 11.8 Å². The van der Waals surface area contributed by atoms with Gasteiger partial charge < -0.3 is 15.6 Å². The number of rotatable bonds is 4. The predicted octanol–water partition coefficient (Wildman–Crippen LogP) is 3.40. The van der Waals surface area contributed by atoms with E-state index in [1.807, 2.05) is 60.7 Å². The Kier molecular flexibility index (Phi) is 3.64. The Morgan fingerprint density at radius 3 is 2.52 bits per heavy atom. The molecule has 3 aromatic rings. The van der Waals surface area contributed by atoms with Gasteiger partial charge in [0.25, 0.3) is 0 Å². The van der Waals surface area contributed by atoms with Crippen molar-refractivity contribution in [3.8, 4) is 11.4 Å². The van der Waals surface area contributed by atoms with Gasteiger partial charge in [-0.3, -0.25) is 0 Å². The van der Waals surface area contributed by atoms with Crippen LogP contribution in [0.2, 0.25) is 0 Å². The van der Waals surface area contributed by atoms with Gasteiger partial charge in [0.15, 0.2) is 0 Å². The summed E-state index contributed by atoms with van der Waals surface area (Å²) in [5.41, 5.74) is 8.31. The van der Waals surface area contributed by atoms with Crippen LogP contribution in [0, 0.1) is 0 Å². The molecule has 0 amide bonds. The van der Waals surface area contributed by atoms with E-state index in [4.69, 9.17) is 10.3 Å². The van der Waals surface area contributed by atoms with Crippen molar-refractivity contribution in [2.24, 2.45) is 0 Å². The summed E-state index contributed by atoms with van der Waals surface area (Å²) in [5.74, 6) is 0.555. The average Bonchev–Trinajstić information content (AvgIpc) is 2.99. The summed E-state index contributed by atoms with van der Waals surface area (Å²) in [7, 11) is 0. The number of hydrogen-bond acceptors (Lipinski definition) is 5. The zero-order chi connectivity index (χ0) is 14.5. The SMILES string of the molecule is Nc1ccc(C=CNc2nc(-c3ccccc3)no2)cc1. The molecule has 104 valence electrons. The predicted molar refractivity (Wildman–Crippen MR) is 83.2 cm³/mol. The van der Waals surface area contributed by atoms with E-state index in [2.05, 4.69) is 15.5 Å². The number of nitrogen functional groups attached to an aromatic ring is 1. The lowest BCUT2D eigenvalue weighted by atomic mass is 10.2. The minimum atomic E-state index is 0.348. The molecular formula is C16H14N4O. The maximum atomic E-state index is 5.63. The smallest absolute Gasteiger partial charge is 0.325 e. The largest absolute Gasteiger partial charge is 0.399 e. The molecule has 2 aromatic carbocycles. The molecule has 0 aliphatic heterocycles. The van der Waals surface area contributed by atoms with Crippen molar-refractivity contribution < 1.29 is 4.52 Å². The number of nitrogens with one attached hydrogen (secondary N) is 1. The van der Waals surface area contributed by atoms with Crippen LogP contribution in [0.15, 0.2) is 65.3 Å². The molecule has 0 radical (unpaired) electrons. The zero-order valence-electron chi connectivity index (χ0n) is 11.2. The van der Waals surface area contributed by atoms with Crippen molar-refractivity contribution in [1.82, 2.24) is 10.1 Å². The molecule has 1 aromatic heterocycles.